The van der Waals surface area contributed by atoms with Crippen LogP contribution in [-0.2, 0) is 11.2 Å². The summed E-state index contributed by atoms with van der Waals surface area (Å²) < 4.78 is 46.9. The van der Waals surface area contributed by atoms with Gasteiger partial charge in [0.2, 0.25) is 0 Å². The number of aliphatic carboxylic acids is 1. The molecule has 0 unspecified atom stereocenters. The van der Waals surface area contributed by atoms with Gasteiger partial charge in [0.15, 0.2) is 0 Å². The molecule has 0 radical (unpaired) electrons. The largest absolute Gasteiger partial charge is 0.573 e. The Kier molecular flexibility index (Phi) is 6.23. The Morgan fingerprint density at radius 1 is 0.971 bits per heavy atom. The summed E-state index contributed by atoms with van der Waals surface area (Å²) in [7, 11) is 0. The molecule has 0 bridgehead atoms. The topological polar surface area (TPSA) is 76.7 Å². The Bertz CT molecular complexity index is 1420. The molecule has 1 aromatic heterocycles. The maximum absolute atomic E-state index is 12.9. The fourth-order valence-electron chi connectivity index (χ4n) is 3.63. The van der Waals surface area contributed by atoms with Gasteiger partial charge < -0.3 is 14.3 Å². The van der Waals surface area contributed by atoms with Crippen LogP contribution in [0.1, 0.15) is 16.7 Å². The number of alkyl halides is 3. The number of ether oxygens (including phenoxy) is 1. The molecule has 5 nitrogen and oxygen atoms in total. The maximum atomic E-state index is 12.9. The molecule has 0 atom stereocenters. The van der Waals surface area contributed by atoms with Gasteiger partial charge in [0.1, 0.15) is 11.3 Å². The first-order valence-electron chi connectivity index (χ1n) is 10.1. The van der Waals surface area contributed by atoms with E-state index in [0.717, 1.165) is 23.8 Å². The third-order valence-electron chi connectivity index (χ3n) is 5.08. The van der Waals surface area contributed by atoms with Crippen LogP contribution in [0.4, 0.5) is 13.2 Å². The molecule has 3 aromatic carbocycles. The summed E-state index contributed by atoms with van der Waals surface area (Å²) in [5, 5.41) is 9.47. The van der Waals surface area contributed by atoms with E-state index >= 15 is 0 Å². The molecule has 4 aromatic rings. The molecule has 0 spiro atoms. The number of rotatable bonds is 6. The van der Waals surface area contributed by atoms with Crippen molar-refractivity contribution in [3.63, 3.8) is 0 Å². The molecule has 0 aliphatic carbocycles. The normalized spacial score (nSPS) is 11.7. The Hall–Kier alpha value is -4.33. The van der Waals surface area contributed by atoms with E-state index in [1.165, 1.54) is 18.2 Å². The third kappa shape index (κ3) is 5.35. The van der Waals surface area contributed by atoms with E-state index < -0.39 is 23.7 Å². The zero-order chi connectivity index (χ0) is 24.3. The van der Waals surface area contributed by atoms with Gasteiger partial charge in [-0.25, -0.2) is 9.59 Å². The van der Waals surface area contributed by atoms with E-state index in [1.54, 1.807) is 30.3 Å². The summed E-state index contributed by atoms with van der Waals surface area (Å²) in [6.07, 6.45) is -1.98. The predicted octanol–water partition coefficient (Wildman–Crippen LogP) is 6.05. The molecular weight excluding hydrogens is 449 g/mol. The van der Waals surface area contributed by atoms with Crippen molar-refractivity contribution in [2.75, 3.05) is 0 Å². The highest BCUT2D eigenvalue weighted by Gasteiger charge is 2.31. The van der Waals surface area contributed by atoms with Crippen molar-refractivity contribution in [1.82, 2.24) is 0 Å². The molecule has 1 heterocycles. The second-order valence-electron chi connectivity index (χ2n) is 7.40. The molecule has 0 amide bonds. The van der Waals surface area contributed by atoms with Crippen molar-refractivity contribution in [1.29, 1.82) is 0 Å². The lowest BCUT2D eigenvalue weighted by Gasteiger charge is -2.13. The van der Waals surface area contributed by atoms with E-state index in [1.807, 2.05) is 18.2 Å². The van der Waals surface area contributed by atoms with E-state index in [4.69, 9.17) is 9.52 Å². The van der Waals surface area contributed by atoms with Crippen molar-refractivity contribution in [3.8, 4) is 16.9 Å². The first-order valence-corrected chi connectivity index (χ1v) is 10.1. The van der Waals surface area contributed by atoms with Crippen LogP contribution in [0, 0.1) is 0 Å². The van der Waals surface area contributed by atoms with Gasteiger partial charge in [-0.3, -0.25) is 0 Å². The summed E-state index contributed by atoms with van der Waals surface area (Å²) in [5.74, 6) is -1.45. The quantitative estimate of drug-likeness (QED) is 0.277. The van der Waals surface area contributed by atoms with Gasteiger partial charge in [-0.15, -0.1) is 13.2 Å². The van der Waals surface area contributed by atoms with Crippen molar-refractivity contribution >= 4 is 23.0 Å². The molecular formula is C26H17F3O5. The van der Waals surface area contributed by atoms with Gasteiger partial charge in [0, 0.05) is 11.5 Å². The van der Waals surface area contributed by atoms with E-state index in [9.17, 15) is 22.8 Å². The van der Waals surface area contributed by atoms with Crippen LogP contribution in [0.3, 0.4) is 0 Å². The number of carboxylic acid groups (broad SMARTS) is 1. The zero-order valence-corrected chi connectivity index (χ0v) is 17.5. The molecule has 0 fully saturated rings. The van der Waals surface area contributed by atoms with Gasteiger partial charge in [-0.1, -0.05) is 54.6 Å². The minimum Gasteiger partial charge on any atom is -0.478 e. The van der Waals surface area contributed by atoms with Crippen LogP contribution in [0.15, 0.2) is 88.1 Å². The predicted molar refractivity (Wildman–Crippen MR) is 121 cm³/mol. The van der Waals surface area contributed by atoms with Gasteiger partial charge in [-0.05, 0) is 52.9 Å². The number of para-hydroxylation sites is 1. The molecule has 8 heteroatoms. The Morgan fingerprint density at radius 3 is 2.29 bits per heavy atom. The summed E-state index contributed by atoms with van der Waals surface area (Å²) in [6, 6.07) is 19.2. The average molecular weight is 466 g/mol. The van der Waals surface area contributed by atoms with Crippen molar-refractivity contribution < 1.29 is 32.2 Å². The third-order valence-corrected chi connectivity index (χ3v) is 5.08. The number of hydrogen-bond donors (Lipinski definition) is 1. The minimum absolute atomic E-state index is 0.243. The van der Waals surface area contributed by atoms with Gasteiger partial charge in [0.05, 0.1) is 5.56 Å². The van der Waals surface area contributed by atoms with Crippen molar-refractivity contribution in [2.24, 2.45) is 0 Å². The van der Waals surface area contributed by atoms with Gasteiger partial charge >= 0.3 is 18.0 Å². The lowest BCUT2D eigenvalue weighted by molar-refractivity contribution is -0.274. The molecule has 0 aliphatic heterocycles. The van der Waals surface area contributed by atoms with Crippen molar-refractivity contribution in [2.45, 2.75) is 12.8 Å². The highest BCUT2D eigenvalue weighted by Crippen LogP contribution is 2.31. The number of benzene rings is 3. The van der Waals surface area contributed by atoms with Crippen LogP contribution < -0.4 is 10.4 Å². The number of carboxylic acids is 1. The lowest BCUT2D eigenvalue weighted by Crippen LogP contribution is -2.17. The molecule has 0 saturated carbocycles. The molecule has 172 valence electrons. The van der Waals surface area contributed by atoms with E-state index in [2.05, 4.69) is 4.74 Å². The van der Waals surface area contributed by atoms with Gasteiger partial charge in [-0.2, -0.15) is 0 Å². The lowest BCUT2D eigenvalue weighted by atomic mass is 9.93. The maximum Gasteiger partial charge on any atom is 0.573 e. The van der Waals surface area contributed by atoms with Crippen LogP contribution in [-0.4, -0.2) is 17.4 Å². The van der Waals surface area contributed by atoms with Crippen LogP contribution in [0.25, 0.3) is 28.2 Å². The van der Waals surface area contributed by atoms with E-state index in [-0.39, 0.29) is 5.56 Å². The van der Waals surface area contributed by atoms with Crippen LogP contribution in [0.2, 0.25) is 0 Å². The number of carbonyl (C=O) groups is 1. The minimum atomic E-state index is -4.82. The van der Waals surface area contributed by atoms with Crippen LogP contribution >= 0.6 is 0 Å². The Balaban J connectivity index is 1.77. The highest BCUT2D eigenvalue weighted by atomic mass is 19.4. The summed E-state index contributed by atoms with van der Waals surface area (Å²) >= 11 is 0. The number of fused-ring (bicyclic) bond motifs is 1. The second kappa shape index (κ2) is 9.27. The highest BCUT2D eigenvalue weighted by molar-refractivity contribution is 5.87. The molecule has 0 aliphatic rings. The first-order chi connectivity index (χ1) is 16.2. The fraction of sp³-hybridized carbons (Fsp3) is 0.0769. The summed E-state index contributed by atoms with van der Waals surface area (Å²) in [6.45, 7) is 0. The Labute approximate surface area is 191 Å². The van der Waals surface area contributed by atoms with Crippen molar-refractivity contribution in [3.05, 3.63) is 106 Å². The zero-order valence-electron chi connectivity index (χ0n) is 17.5. The first kappa shape index (κ1) is 22.8. The average Bonchev–Trinajstić information content (AvgIpc) is 2.78. The standard InChI is InChI=1S/C26H17F3O5/c27-26(28,29)34-19-12-10-18(11-13-19)24-21(20-3-1-2-4-22(20)33-25(24)32)15-17-7-5-16(6-8-17)9-14-23(30)31/h1-14H,15H2,(H,30,31)/b14-9+. The van der Waals surface area contributed by atoms with E-state index in [0.29, 0.717) is 34.1 Å². The number of halogens is 3. The SMILES string of the molecule is O=C(O)/C=C/c1ccc(Cc2c(-c3ccc(OC(F)(F)F)cc3)c(=O)oc3ccccc23)cc1. The smallest absolute Gasteiger partial charge is 0.478 e. The summed E-state index contributed by atoms with van der Waals surface area (Å²) in [5.41, 5.74) is 2.62. The monoisotopic (exact) mass is 466 g/mol. The molecule has 1 N–H and O–H groups in total. The van der Waals surface area contributed by atoms with Gasteiger partial charge in [0.25, 0.3) is 0 Å². The molecule has 4 rings (SSSR count). The molecule has 0 saturated heterocycles. The van der Waals surface area contributed by atoms with Crippen LogP contribution in [0.5, 0.6) is 5.75 Å². The summed E-state index contributed by atoms with van der Waals surface area (Å²) in [4.78, 5) is 23.6. The Morgan fingerprint density at radius 2 is 1.65 bits per heavy atom. The fourth-order valence-corrected chi connectivity index (χ4v) is 3.63. The molecule has 34 heavy (non-hydrogen) atoms. The second-order valence-corrected chi connectivity index (χ2v) is 7.40. The number of hydrogen-bond acceptors (Lipinski definition) is 4.